The van der Waals surface area contributed by atoms with E-state index in [2.05, 4.69) is 0 Å². The molecule has 0 aliphatic heterocycles. The van der Waals surface area contributed by atoms with Gasteiger partial charge in [-0.05, 0) is 69.2 Å². The summed E-state index contributed by atoms with van der Waals surface area (Å²) in [6.45, 7) is 8.51. The Morgan fingerprint density at radius 3 is 2.69 bits per heavy atom. The van der Waals surface area contributed by atoms with Crippen molar-refractivity contribution >= 4 is 33.6 Å². The number of ether oxygens (including phenoxy) is 2. The number of hydrogen-bond acceptors (Lipinski definition) is 6. The van der Waals surface area contributed by atoms with E-state index >= 15 is 0 Å². The molecule has 0 spiro atoms. The van der Waals surface area contributed by atoms with Crippen molar-refractivity contribution < 1.29 is 13.9 Å². The van der Waals surface area contributed by atoms with E-state index < -0.39 is 5.63 Å². The van der Waals surface area contributed by atoms with Gasteiger partial charge < -0.3 is 13.9 Å². The molecular weight excluding hydrogens is 466 g/mol. The molecule has 35 heavy (non-hydrogen) atoms. The maximum Gasteiger partial charge on any atom is 0.336 e. The SMILES string of the molecule is CCOc1ccc2oc(=O)cc(COc3cc(C)c4c(C)nn(-c5cccc(Cl)c5C)c4n3)c2c1. The first-order valence-corrected chi connectivity index (χ1v) is 11.7. The summed E-state index contributed by atoms with van der Waals surface area (Å²) >= 11 is 6.36. The maximum atomic E-state index is 12.1. The molecule has 0 bridgehead atoms. The Balaban J connectivity index is 1.56. The number of aryl methyl sites for hydroxylation is 2. The average Bonchev–Trinajstić information content (AvgIpc) is 3.16. The molecule has 8 heteroatoms. The highest BCUT2D eigenvalue weighted by Gasteiger charge is 2.17. The lowest BCUT2D eigenvalue weighted by atomic mass is 10.1. The van der Waals surface area contributed by atoms with Crippen molar-refractivity contribution in [1.29, 1.82) is 0 Å². The quantitative estimate of drug-likeness (QED) is 0.269. The molecule has 3 heterocycles. The second-order valence-corrected chi connectivity index (χ2v) is 8.73. The van der Waals surface area contributed by atoms with Crippen LogP contribution in [0.3, 0.4) is 0 Å². The number of fused-ring (bicyclic) bond motifs is 2. The van der Waals surface area contributed by atoms with E-state index in [0.717, 1.165) is 33.3 Å². The first-order valence-electron chi connectivity index (χ1n) is 11.3. The van der Waals surface area contributed by atoms with Crippen LogP contribution in [0.2, 0.25) is 5.02 Å². The highest BCUT2D eigenvalue weighted by Crippen LogP contribution is 2.30. The number of rotatable bonds is 6. The second kappa shape index (κ2) is 9.07. The highest BCUT2D eigenvalue weighted by molar-refractivity contribution is 6.31. The Bertz CT molecular complexity index is 1640. The molecule has 0 saturated heterocycles. The van der Waals surface area contributed by atoms with Gasteiger partial charge in [0.1, 0.15) is 17.9 Å². The number of halogens is 1. The Morgan fingerprint density at radius 1 is 1.06 bits per heavy atom. The van der Waals surface area contributed by atoms with Crippen LogP contribution in [0.4, 0.5) is 0 Å². The normalized spacial score (nSPS) is 11.3. The Labute approximate surface area is 206 Å². The topological polar surface area (TPSA) is 79.4 Å². The molecule has 0 fully saturated rings. The summed E-state index contributed by atoms with van der Waals surface area (Å²) in [5.41, 5.74) is 5.03. The van der Waals surface area contributed by atoms with Crippen molar-refractivity contribution in [2.24, 2.45) is 0 Å². The molecule has 5 rings (SSSR count). The van der Waals surface area contributed by atoms with Crippen molar-refractivity contribution in [2.45, 2.75) is 34.3 Å². The molecule has 0 aliphatic rings. The van der Waals surface area contributed by atoms with Crippen molar-refractivity contribution in [2.75, 3.05) is 6.61 Å². The summed E-state index contributed by atoms with van der Waals surface area (Å²) in [5.74, 6) is 1.12. The van der Waals surface area contributed by atoms with Gasteiger partial charge in [-0.2, -0.15) is 10.1 Å². The molecule has 3 aromatic heterocycles. The summed E-state index contributed by atoms with van der Waals surface area (Å²) in [6, 6.07) is 14.4. The van der Waals surface area contributed by atoms with E-state index in [4.69, 9.17) is 35.6 Å². The van der Waals surface area contributed by atoms with Gasteiger partial charge in [-0.25, -0.2) is 9.48 Å². The number of hydrogen-bond donors (Lipinski definition) is 0. The van der Waals surface area contributed by atoms with E-state index in [-0.39, 0.29) is 6.61 Å². The van der Waals surface area contributed by atoms with Crippen LogP contribution in [-0.2, 0) is 6.61 Å². The van der Waals surface area contributed by atoms with Crippen LogP contribution >= 0.6 is 11.6 Å². The molecule has 7 nitrogen and oxygen atoms in total. The van der Waals surface area contributed by atoms with E-state index in [0.29, 0.717) is 40.1 Å². The van der Waals surface area contributed by atoms with Gasteiger partial charge in [0, 0.05) is 33.5 Å². The van der Waals surface area contributed by atoms with Gasteiger partial charge in [0.15, 0.2) is 5.65 Å². The summed E-state index contributed by atoms with van der Waals surface area (Å²) < 4.78 is 18.9. The lowest BCUT2D eigenvalue weighted by Crippen LogP contribution is -2.06. The third-order valence-corrected chi connectivity index (χ3v) is 6.35. The summed E-state index contributed by atoms with van der Waals surface area (Å²) in [6.07, 6.45) is 0. The zero-order chi connectivity index (χ0) is 24.7. The number of benzene rings is 2. The van der Waals surface area contributed by atoms with Gasteiger partial charge in [0.25, 0.3) is 0 Å². The molecular formula is C27H24ClN3O4. The lowest BCUT2D eigenvalue weighted by molar-refractivity contribution is 0.295. The van der Waals surface area contributed by atoms with Gasteiger partial charge in [0.2, 0.25) is 5.88 Å². The van der Waals surface area contributed by atoms with Crippen LogP contribution < -0.4 is 15.1 Å². The molecule has 0 unspecified atom stereocenters. The molecule has 0 amide bonds. The van der Waals surface area contributed by atoms with E-state index in [9.17, 15) is 4.79 Å². The molecule has 0 atom stereocenters. The monoisotopic (exact) mass is 489 g/mol. The molecule has 0 saturated carbocycles. The molecule has 0 radical (unpaired) electrons. The van der Waals surface area contributed by atoms with E-state index in [1.54, 1.807) is 16.8 Å². The van der Waals surface area contributed by atoms with Crippen LogP contribution in [0.15, 0.2) is 57.7 Å². The van der Waals surface area contributed by atoms with Crippen molar-refractivity contribution in [3.8, 4) is 17.3 Å². The van der Waals surface area contributed by atoms with Gasteiger partial charge in [-0.15, -0.1) is 0 Å². The Hall–Kier alpha value is -3.84. The van der Waals surface area contributed by atoms with Gasteiger partial charge in [-0.3, -0.25) is 0 Å². The summed E-state index contributed by atoms with van der Waals surface area (Å²) in [5, 5.41) is 7.11. The lowest BCUT2D eigenvalue weighted by Gasteiger charge is -2.11. The number of nitrogens with zero attached hydrogens (tertiary/aromatic N) is 3. The van der Waals surface area contributed by atoms with Crippen molar-refractivity contribution in [3.63, 3.8) is 0 Å². The first kappa shape index (κ1) is 22.9. The van der Waals surface area contributed by atoms with Crippen LogP contribution in [0, 0.1) is 20.8 Å². The van der Waals surface area contributed by atoms with Crippen molar-refractivity contribution in [3.05, 3.63) is 86.4 Å². The fraction of sp³-hybridized carbons (Fsp3) is 0.222. The average molecular weight is 490 g/mol. The summed E-state index contributed by atoms with van der Waals surface area (Å²) in [4.78, 5) is 16.9. The van der Waals surface area contributed by atoms with Crippen LogP contribution in [0.5, 0.6) is 11.6 Å². The zero-order valence-corrected chi connectivity index (χ0v) is 20.6. The molecule has 0 aliphatic carbocycles. The first-order chi connectivity index (χ1) is 16.9. The molecule has 2 aromatic carbocycles. The number of pyridine rings is 1. The Morgan fingerprint density at radius 2 is 1.89 bits per heavy atom. The van der Waals surface area contributed by atoms with Crippen LogP contribution in [0.25, 0.3) is 27.7 Å². The van der Waals surface area contributed by atoms with E-state index in [1.165, 1.54) is 6.07 Å². The number of aromatic nitrogens is 3. The van der Waals surface area contributed by atoms with Crippen LogP contribution in [0.1, 0.15) is 29.3 Å². The molecule has 178 valence electrons. The zero-order valence-electron chi connectivity index (χ0n) is 19.9. The largest absolute Gasteiger partial charge is 0.494 e. The standard InChI is InChI=1S/C27H24ClN3O4/c1-5-33-19-9-10-23-20(13-19)18(12-25(32)35-23)14-34-24-11-15(2)26-17(4)30-31(27(26)29-24)22-8-6-7-21(28)16(22)3/h6-13H,5,14H2,1-4H3. The van der Waals surface area contributed by atoms with Crippen LogP contribution in [-0.4, -0.2) is 21.4 Å². The minimum atomic E-state index is -0.440. The third kappa shape index (κ3) is 4.23. The second-order valence-electron chi connectivity index (χ2n) is 8.33. The van der Waals surface area contributed by atoms with Gasteiger partial charge in [0.05, 0.1) is 18.0 Å². The fourth-order valence-electron chi connectivity index (χ4n) is 4.28. The molecule has 0 N–H and O–H groups in total. The highest BCUT2D eigenvalue weighted by atomic mass is 35.5. The third-order valence-electron chi connectivity index (χ3n) is 5.94. The predicted octanol–water partition coefficient (Wildman–Crippen LogP) is 6.08. The van der Waals surface area contributed by atoms with Gasteiger partial charge >= 0.3 is 5.63 Å². The minimum absolute atomic E-state index is 0.138. The summed E-state index contributed by atoms with van der Waals surface area (Å²) in [7, 11) is 0. The van der Waals surface area contributed by atoms with Gasteiger partial charge in [-0.1, -0.05) is 17.7 Å². The fourth-order valence-corrected chi connectivity index (χ4v) is 4.45. The maximum absolute atomic E-state index is 12.1. The Kier molecular flexibility index (Phi) is 5.94. The smallest absolute Gasteiger partial charge is 0.336 e. The van der Waals surface area contributed by atoms with Crippen molar-refractivity contribution in [1.82, 2.24) is 14.8 Å². The molecule has 5 aromatic rings. The minimum Gasteiger partial charge on any atom is -0.494 e. The van der Waals surface area contributed by atoms with E-state index in [1.807, 2.05) is 58.0 Å². The predicted molar refractivity (Wildman–Crippen MR) is 136 cm³/mol.